The van der Waals surface area contributed by atoms with Gasteiger partial charge >= 0.3 is 0 Å². The van der Waals surface area contributed by atoms with Crippen molar-refractivity contribution in [2.45, 2.75) is 38.1 Å². The lowest BCUT2D eigenvalue weighted by atomic mass is 10.2. The molecule has 0 radical (unpaired) electrons. The van der Waals surface area contributed by atoms with Crippen LogP contribution in [-0.2, 0) is 4.79 Å². The Morgan fingerprint density at radius 1 is 1.47 bits per heavy atom. The highest BCUT2D eigenvalue weighted by molar-refractivity contribution is 7.98. The van der Waals surface area contributed by atoms with E-state index in [9.17, 15) is 4.79 Å². The van der Waals surface area contributed by atoms with E-state index in [4.69, 9.17) is 0 Å². The molecule has 15 heavy (non-hydrogen) atoms. The topological polar surface area (TPSA) is 41.1 Å². The molecule has 1 aliphatic heterocycles. The van der Waals surface area contributed by atoms with Gasteiger partial charge < -0.3 is 10.6 Å². The smallest absolute Gasteiger partial charge is 0.220 e. The first-order chi connectivity index (χ1) is 7.33. The number of rotatable bonds is 8. The molecule has 1 atom stereocenters. The van der Waals surface area contributed by atoms with Crippen molar-refractivity contribution < 1.29 is 4.79 Å². The second-order valence-corrected chi connectivity index (χ2v) is 5.05. The molecule has 1 unspecified atom stereocenters. The lowest BCUT2D eigenvalue weighted by Gasteiger charge is -2.10. The van der Waals surface area contributed by atoms with Gasteiger partial charge in [-0.25, -0.2) is 0 Å². The summed E-state index contributed by atoms with van der Waals surface area (Å²) in [4.78, 5) is 10.9. The lowest BCUT2D eigenvalue weighted by molar-refractivity contribution is -0.119. The van der Waals surface area contributed by atoms with E-state index < -0.39 is 0 Å². The zero-order valence-corrected chi connectivity index (χ0v) is 10.4. The molecular formula is C11H22N2OS. The number of hydrogen-bond acceptors (Lipinski definition) is 3. The minimum Gasteiger partial charge on any atom is -0.352 e. The Hall–Kier alpha value is -0.220. The number of carbonyl (C=O) groups excluding carboxylic acids is 1. The fraction of sp³-hybridized carbons (Fsp3) is 0.909. The van der Waals surface area contributed by atoms with Gasteiger partial charge in [0.1, 0.15) is 0 Å². The first-order valence-corrected chi connectivity index (χ1v) is 7.21. The highest BCUT2D eigenvalue weighted by atomic mass is 32.2. The number of thioether (sulfide) groups is 1. The van der Waals surface area contributed by atoms with Crippen molar-refractivity contribution in [1.29, 1.82) is 0 Å². The standard InChI is InChI=1S/C11H22N2OS/c1-15-8-4-2-3-7-12-9-10-5-6-11(14)13-10/h10,12H,2-9H2,1H3,(H,13,14). The van der Waals surface area contributed by atoms with Crippen LogP contribution in [0.25, 0.3) is 0 Å². The van der Waals surface area contributed by atoms with E-state index in [1.807, 2.05) is 11.8 Å². The van der Waals surface area contributed by atoms with Crippen LogP contribution in [0.15, 0.2) is 0 Å². The van der Waals surface area contributed by atoms with Crippen LogP contribution in [0.2, 0.25) is 0 Å². The highest BCUT2D eigenvalue weighted by Crippen LogP contribution is 2.05. The molecule has 0 aromatic carbocycles. The summed E-state index contributed by atoms with van der Waals surface area (Å²) in [5, 5.41) is 6.36. The Labute approximate surface area is 96.8 Å². The summed E-state index contributed by atoms with van der Waals surface area (Å²) < 4.78 is 0. The van der Waals surface area contributed by atoms with Crippen LogP contribution < -0.4 is 10.6 Å². The number of amides is 1. The normalized spacial score (nSPS) is 20.6. The van der Waals surface area contributed by atoms with Gasteiger partial charge in [-0.05, 0) is 37.8 Å². The maximum Gasteiger partial charge on any atom is 0.220 e. The summed E-state index contributed by atoms with van der Waals surface area (Å²) in [6.07, 6.45) is 7.74. The zero-order chi connectivity index (χ0) is 10.9. The van der Waals surface area contributed by atoms with Crippen molar-refractivity contribution in [2.24, 2.45) is 0 Å². The monoisotopic (exact) mass is 230 g/mol. The van der Waals surface area contributed by atoms with Crippen molar-refractivity contribution in [3.05, 3.63) is 0 Å². The molecule has 0 aromatic heterocycles. The van der Waals surface area contributed by atoms with Crippen molar-refractivity contribution in [3.63, 3.8) is 0 Å². The molecule has 4 heteroatoms. The van der Waals surface area contributed by atoms with Crippen molar-refractivity contribution in [2.75, 3.05) is 25.1 Å². The van der Waals surface area contributed by atoms with Gasteiger partial charge in [0.25, 0.3) is 0 Å². The molecule has 1 aliphatic rings. The third-order valence-corrected chi connectivity index (χ3v) is 3.37. The summed E-state index contributed by atoms with van der Waals surface area (Å²) in [6, 6.07) is 0.378. The van der Waals surface area contributed by atoms with Gasteiger partial charge in [0.15, 0.2) is 0 Å². The van der Waals surface area contributed by atoms with E-state index in [0.29, 0.717) is 12.5 Å². The minimum atomic E-state index is 0.210. The second-order valence-electron chi connectivity index (χ2n) is 4.06. The molecule has 0 aliphatic carbocycles. The third kappa shape index (κ3) is 6.05. The third-order valence-electron chi connectivity index (χ3n) is 2.68. The van der Waals surface area contributed by atoms with Gasteiger partial charge in [0.05, 0.1) is 0 Å². The van der Waals surface area contributed by atoms with Crippen molar-refractivity contribution in [1.82, 2.24) is 10.6 Å². The Bertz CT molecular complexity index is 187. The summed E-state index contributed by atoms with van der Waals surface area (Å²) >= 11 is 1.92. The Kier molecular flexibility index (Phi) is 6.85. The van der Waals surface area contributed by atoms with E-state index in [1.165, 1.54) is 25.0 Å². The molecule has 0 saturated carbocycles. The fourth-order valence-electron chi connectivity index (χ4n) is 1.78. The van der Waals surface area contributed by atoms with Gasteiger partial charge in [0.2, 0.25) is 5.91 Å². The van der Waals surface area contributed by atoms with E-state index >= 15 is 0 Å². The molecule has 1 fully saturated rings. The van der Waals surface area contributed by atoms with E-state index in [0.717, 1.165) is 19.5 Å². The first kappa shape index (κ1) is 12.8. The molecule has 0 spiro atoms. The average molecular weight is 230 g/mol. The quantitative estimate of drug-likeness (QED) is 0.619. The van der Waals surface area contributed by atoms with E-state index in [2.05, 4.69) is 16.9 Å². The molecule has 88 valence electrons. The molecule has 0 bridgehead atoms. The number of unbranched alkanes of at least 4 members (excludes halogenated alkanes) is 2. The molecule has 0 aromatic rings. The van der Waals surface area contributed by atoms with E-state index in [1.54, 1.807) is 0 Å². The lowest BCUT2D eigenvalue weighted by Crippen LogP contribution is -2.35. The second kappa shape index (κ2) is 7.99. The maximum absolute atomic E-state index is 10.9. The first-order valence-electron chi connectivity index (χ1n) is 5.82. The zero-order valence-electron chi connectivity index (χ0n) is 9.55. The summed E-state index contributed by atoms with van der Waals surface area (Å²) in [7, 11) is 0. The van der Waals surface area contributed by atoms with Crippen LogP contribution in [0, 0.1) is 0 Å². The van der Waals surface area contributed by atoms with Crippen LogP contribution in [0.3, 0.4) is 0 Å². The van der Waals surface area contributed by atoms with Crippen LogP contribution in [-0.4, -0.2) is 37.0 Å². The van der Waals surface area contributed by atoms with Gasteiger partial charge in [-0.1, -0.05) is 6.42 Å². The molecule has 2 N–H and O–H groups in total. The van der Waals surface area contributed by atoms with Gasteiger partial charge in [0, 0.05) is 19.0 Å². The van der Waals surface area contributed by atoms with Gasteiger partial charge in [-0.2, -0.15) is 11.8 Å². The fourth-order valence-corrected chi connectivity index (χ4v) is 2.27. The summed E-state index contributed by atoms with van der Waals surface area (Å²) in [5.74, 6) is 1.49. The SMILES string of the molecule is CSCCCCCNCC1CCC(=O)N1. The summed E-state index contributed by atoms with van der Waals surface area (Å²) in [5.41, 5.74) is 0. The highest BCUT2D eigenvalue weighted by Gasteiger charge is 2.19. The van der Waals surface area contributed by atoms with Gasteiger partial charge in [-0.3, -0.25) is 4.79 Å². The summed E-state index contributed by atoms with van der Waals surface area (Å²) in [6.45, 7) is 2.02. The predicted molar refractivity (Wildman–Crippen MR) is 66.3 cm³/mol. The van der Waals surface area contributed by atoms with Crippen LogP contribution in [0.1, 0.15) is 32.1 Å². The van der Waals surface area contributed by atoms with Gasteiger partial charge in [-0.15, -0.1) is 0 Å². The number of hydrogen-bond donors (Lipinski definition) is 2. The number of carbonyl (C=O) groups is 1. The average Bonchev–Trinajstić information content (AvgIpc) is 2.63. The van der Waals surface area contributed by atoms with Crippen LogP contribution in [0.4, 0.5) is 0 Å². The van der Waals surface area contributed by atoms with Crippen molar-refractivity contribution in [3.8, 4) is 0 Å². The predicted octanol–water partition coefficient (Wildman–Crippen LogP) is 1.39. The molecule has 1 rings (SSSR count). The molecular weight excluding hydrogens is 208 g/mol. The van der Waals surface area contributed by atoms with Crippen LogP contribution in [0.5, 0.6) is 0 Å². The number of nitrogens with one attached hydrogen (secondary N) is 2. The molecule has 3 nitrogen and oxygen atoms in total. The largest absolute Gasteiger partial charge is 0.352 e. The Morgan fingerprint density at radius 3 is 3.00 bits per heavy atom. The molecule has 1 saturated heterocycles. The Balaban J connectivity index is 1.83. The van der Waals surface area contributed by atoms with Crippen LogP contribution >= 0.6 is 11.8 Å². The minimum absolute atomic E-state index is 0.210. The van der Waals surface area contributed by atoms with E-state index in [-0.39, 0.29) is 5.91 Å². The molecule has 1 heterocycles. The van der Waals surface area contributed by atoms with Crippen molar-refractivity contribution >= 4 is 17.7 Å². The Morgan fingerprint density at radius 2 is 2.33 bits per heavy atom. The maximum atomic E-state index is 10.9. The molecule has 1 amide bonds.